The normalized spacial score (nSPS) is 11.3. The summed E-state index contributed by atoms with van der Waals surface area (Å²) in [6.45, 7) is 5.10. The summed E-state index contributed by atoms with van der Waals surface area (Å²) < 4.78 is 11.5. The van der Waals surface area contributed by atoms with Gasteiger partial charge in [0.15, 0.2) is 0 Å². The van der Waals surface area contributed by atoms with Gasteiger partial charge in [-0.1, -0.05) is 42.5 Å². The molecule has 0 aliphatic carbocycles. The molecule has 3 nitrogen and oxygen atoms in total. The Kier molecular flexibility index (Phi) is 9.98. The Bertz CT molecular complexity index is 455. The van der Waals surface area contributed by atoms with E-state index < -0.39 is 6.64 Å². The van der Waals surface area contributed by atoms with Crippen molar-refractivity contribution in [1.82, 2.24) is 5.09 Å². The Morgan fingerprint density at radius 3 is 1.90 bits per heavy atom. The van der Waals surface area contributed by atoms with Crippen LogP contribution in [-0.2, 0) is 20.9 Å². The minimum Gasteiger partial charge on any atom is -0.311 e. The minimum atomic E-state index is -2.61. The van der Waals surface area contributed by atoms with Crippen molar-refractivity contribution in [2.24, 2.45) is 0 Å². The second-order valence-corrected chi connectivity index (χ2v) is 8.10. The van der Waals surface area contributed by atoms with E-state index in [2.05, 4.69) is 5.09 Å². The van der Waals surface area contributed by atoms with Crippen LogP contribution in [0.5, 0.6) is 0 Å². The fraction of sp³-hybridized carbons (Fsp3) is 0.462. The van der Waals surface area contributed by atoms with E-state index in [4.69, 9.17) is 33.1 Å². The Hall–Kier alpha value is 0.680. The molecule has 0 bridgehead atoms. The van der Waals surface area contributed by atoms with Crippen LogP contribution < -0.4 is 34.6 Å². The zero-order valence-electron chi connectivity index (χ0n) is 12.6. The predicted molar refractivity (Wildman–Crippen MR) is 88.0 cm³/mol. The van der Waals surface area contributed by atoms with Gasteiger partial charge < -0.3 is 14.1 Å². The maximum atomic E-state index is 5.75. The molecule has 20 heavy (non-hydrogen) atoms. The molecule has 0 spiro atoms. The molecule has 1 aromatic carbocycles. The quantitative estimate of drug-likeness (QED) is 0.475. The van der Waals surface area contributed by atoms with Crippen molar-refractivity contribution in [1.29, 1.82) is 0 Å². The molecule has 1 rings (SSSR count). The molecule has 0 radical (unpaired) electrons. The molecule has 7 heteroatoms. The van der Waals surface area contributed by atoms with Gasteiger partial charge in [-0.2, -0.15) is 0 Å². The van der Waals surface area contributed by atoms with Crippen LogP contribution in [-0.4, -0.2) is 17.2 Å². The van der Waals surface area contributed by atoms with Crippen LogP contribution in [0.15, 0.2) is 30.3 Å². The second kappa shape index (κ2) is 9.65. The first-order valence-electron chi connectivity index (χ1n) is 6.17. The summed E-state index contributed by atoms with van der Waals surface area (Å²) in [6.07, 6.45) is -0.0358. The largest absolute Gasteiger partial charge is 1.00 e. The number of rotatable bonds is 6. The molecule has 0 saturated heterocycles. The Balaban J connectivity index is 0.00000361. The molecule has 0 fully saturated rings. The molecule has 0 saturated carbocycles. The van der Waals surface area contributed by atoms with Gasteiger partial charge in [-0.05, 0) is 39.5 Å². The predicted octanol–water partition coefficient (Wildman–Crippen LogP) is 1.03. The molecular formula is C13H20NNaO2PS2+. The van der Waals surface area contributed by atoms with E-state index in [0.29, 0.717) is 4.99 Å². The zero-order valence-corrected chi connectivity index (χ0v) is 17.1. The third-order valence-electron chi connectivity index (χ3n) is 1.97. The van der Waals surface area contributed by atoms with Crippen LogP contribution in [0.2, 0.25) is 0 Å². The number of nitrogens with one attached hydrogen (secondary N) is 1. The summed E-state index contributed by atoms with van der Waals surface area (Å²) in [5.74, 6) is 0. The molecule has 0 aliphatic heterocycles. The smallest absolute Gasteiger partial charge is 0.311 e. The van der Waals surface area contributed by atoms with E-state index in [1.54, 1.807) is 0 Å². The van der Waals surface area contributed by atoms with E-state index in [9.17, 15) is 0 Å². The average molecular weight is 340 g/mol. The summed E-state index contributed by atoms with van der Waals surface area (Å²) in [5.41, 5.74) is 0.909. The number of hydrogen-bond donors (Lipinski definition) is 1. The topological polar surface area (TPSA) is 30.5 Å². The van der Waals surface area contributed by atoms with Crippen LogP contribution in [0, 0.1) is 0 Å². The van der Waals surface area contributed by atoms with Gasteiger partial charge >= 0.3 is 29.6 Å². The Morgan fingerprint density at radius 2 is 1.50 bits per heavy atom. The summed E-state index contributed by atoms with van der Waals surface area (Å²) >= 11 is 10.9. The fourth-order valence-corrected chi connectivity index (χ4v) is 5.03. The van der Waals surface area contributed by atoms with Gasteiger partial charge in [0.1, 0.15) is 4.99 Å². The van der Waals surface area contributed by atoms with Crippen molar-refractivity contribution in [2.45, 2.75) is 39.9 Å². The SMILES string of the molecule is CC(C)OP(=S)(NC(=S)c1ccccc1)OC(C)C.[Na+]. The van der Waals surface area contributed by atoms with Gasteiger partial charge in [0.2, 0.25) is 0 Å². The first-order valence-corrected chi connectivity index (χ1v) is 9.21. The molecule has 106 valence electrons. The Labute approximate surface area is 154 Å². The van der Waals surface area contributed by atoms with Gasteiger partial charge in [-0.15, -0.1) is 0 Å². The van der Waals surface area contributed by atoms with E-state index in [0.717, 1.165) is 5.56 Å². The number of thiocarbonyl (C=S) groups is 1. The first-order chi connectivity index (χ1) is 8.82. The van der Waals surface area contributed by atoms with Gasteiger partial charge in [-0.3, -0.25) is 0 Å². The molecular weight excluding hydrogens is 320 g/mol. The first kappa shape index (κ1) is 20.7. The van der Waals surface area contributed by atoms with Gasteiger partial charge in [0.05, 0.1) is 12.2 Å². The van der Waals surface area contributed by atoms with Crippen LogP contribution in [0.4, 0.5) is 0 Å². The fourth-order valence-electron chi connectivity index (χ4n) is 1.41. The van der Waals surface area contributed by atoms with Crippen LogP contribution in [0.1, 0.15) is 33.3 Å². The van der Waals surface area contributed by atoms with Crippen molar-refractivity contribution in [3.05, 3.63) is 35.9 Å². The second-order valence-electron chi connectivity index (χ2n) is 4.61. The van der Waals surface area contributed by atoms with Gasteiger partial charge in [0, 0.05) is 5.56 Å². The molecule has 0 heterocycles. The van der Waals surface area contributed by atoms with E-state index in [1.807, 2.05) is 58.0 Å². The summed E-state index contributed by atoms with van der Waals surface area (Å²) in [4.78, 5) is 0.560. The van der Waals surface area contributed by atoms with Crippen LogP contribution >= 0.6 is 18.9 Å². The summed E-state index contributed by atoms with van der Waals surface area (Å²) in [7, 11) is 0. The number of hydrogen-bond acceptors (Lipinski definition) is 4. The van der Waals surface area contributed by atoms with Crippen LogP contribution in [0.25, 0.3) is 0 Å². The van der Waals surface area contributed by atoms with Crippen molar-refractivity contribution >= 4 is 35.7 Å². The minimum absolute atomic E-state index is 0. The maximum absolute atomic E-state index is 5.75. The zero-order chi connectivity index (χ0) is 14.5. The van der Waals surface area contributed by atoms with E-state index in [-0.39, 0.29) is 41.8 Å². The van der Waals surface area contributed by atoms with Crippen molar-refractivity contribution < 1.29 is 38.6 Å². The third kappa shape index (κ3) is 7.62. The van der Waals surface area contributed by atoms with Gasteiger partial charge in [0.25, 0.3) is 6.64 Å². The van der Waals surface area contributed by atoms with E-state index in [1.165, 1.54) is 0 Å². The van der Waals surface area contributed by atoms with Crippen molar-refractivity contribution in [2.75, 3.05) is 0 Å². The summed E-state index contributed by atoms with van der Waals surface area (Å²) in [6, 6.07) is 9.66. The molecule has 0 atom stereocenters. The molecule has 1 N–H and O–H groups in total. The average Bonchev–Trinajstić information content (AvgIpc) is 2.27. The standard InChI is InChI=1S/C13H20NO2PS2.Na/c1-10(2)15-17(19,16-11(3)4)14-13(18)12-8-6-5-7-9-12;/h5-11H,1-4H3,(H,14,18,19);/q;+1. The monoisotopic (exact) mass is 340 g/mol. The Morgan fingerprint density at radius 1 is 1.05 bits per heavy atom. The molecule has 0 unspecified atom stereocenters. The van der Waals surface area contributed by atoms with E-state index >= 15 is 0 Å². The summed E-state index contributed by atoms with van der Waals surface area (Å²) in [5, 5.41) is 3.09. The molecule has 1 aromatic rings. The molecule has 0 amide bonds. The maximum Gasteiger partial charge on any atom is 1.00 e. The van der Waals surface area contributed by atoms with Crippen LogP contribution in [0.3, 0.4) is 0 Å². The molecule has 0 aromatic heterocycles. The van der Waals surface area contributed by atoms with Gasteiger partial charge in [-0.25, -0.2) is 0 Å². The molecule has 0 aliphatic rings. The van der Waals surface area contributed by atoms with Crippen molar-refractivity contribution in [3.8, 4) is 0 Å². The van der Waals surface area contributed by atoms with Crippen molar-refractivity contribution in [3.63, 3.8) is 0 Å². The number of benzene rings is 1. The third-order valence-corrected chi connectivity index (χ3v) is 5.15.